The first-order valence-electron chi connectivity index (χ1n) is 8.12. The third-order valence-electron chi connectivity index (χ3n) is 4.83. The Kier molecular flexibility index (Phi) is 3.05. The fourth-order valence-corrected chi connectivity index (χ4v) is 3.81. The van der Waals surface area contributed by atoms with Crippen LogP contribution in [-0.4, -0.2) is 15.2 Å². The van der Waals surface area contributed by atoms with Gasteiger partial charge in [-0.3, -0.25) is 0 Å². The van der Waals surface area contributed by atoms with Crippen molar-refractivity contribution in [3.63, 3.8) is 0 Å². The molecular weight excluding hydrogens is 274 g/mol. The van der Waals surface area contributed by atoms with Crippen molar-refractivity contribution in [1.29, 1.82) is 0 Å². The zero-order valence-electron chi connectivity index (χ0n) is 13.2. The van der Waals surface area contributed by atoms with Crippen LogP contribution < -0.4 is 0 Å². The average molecular weight is 295 g/mol. The number of benzene rings is 1. The molecule has 1 fully saturated rings. The first kappa shape index (κ1) is 13.8. The van der Waals surface area contributed by atoms with Crippen molar-refractivity contribution in [2.24, 2.45) is 0 Å². The number of rotatable bonds is 1. The van der Waals surface area contributed by atoms with E-state index >= 15 is 0 Å². The first-order valence-corrected chi connectivity index (χ1v) is 8.12. The average Bonchev–Trinajstić information content (AvgIpc) is 2.76. The molecule has 0 unspecified atom stereocenters. The molecule has 22 heavy (non-hydrogen) atoms. The van der Waals surface area contributed by atoms with Crippen LogP contribution in [0.1, 0.15) is 57.3 Å². The molecule has 1 aromatic carbocycles. The minimum Gasteiger partial charge on any atom is -0.356 e. The second-order valence-corrected chi connectivity index (χ2v) is 6.87. The number of hydrogen-bond donors (Lipinski definition) is 0. The molecule has 2 aromatic rings. The highest BCUT2D eigenvalue weighted by Crippen LogP contribution is 2.52. The van der Waals surface area contributed by atoms with E-state index in [-0.39, 0.29) is 5.60 Å². The number of fused-ring (bicyclic) bond motifs is 2. The van der Waals surface area contributed by atoms with E-state index in [9.17, 15) is 0 Å². The SMILES string of the molecule is CC1(C)OC2(CCCCC2)c2nnc(-c3ccccc3)nc21. The van der Waals surface area contributed by atoms with E-state index in [4.69, 9.17) is 9.72 Å². The molecule has 0 amide bonds. The van der Waals surface area contributed by atoms with E-state index in [1.54, 1.807) is 0 Å². The van der Waals surface area contributed by atoms with Gasteiger partial charge in [-0.05, 0) is 26.7 Å². The molecule has 1 aromatic heterocycles. The topological polar surface area (TPSA) is 47.9 Å². The Bertz CT molecular complexity index is 691. The van der Waals surface area contributed by atoms with Gasteiger partial charge in [0, 0.05) is 5.56 Å². The minimum atomic E-state index is -0.397. The van der Waals surface area contributed by atoms with Gasteiger partial charge < -0.3 is 4.74 Å². The summed E-state index contributed by atoms with van der Waals surface area (Å²) in [6, 6.07) is 10.0. The number of ether oxygens (including phenoxy) is 1. The fraction of sp³-hybridized carbons (Fsp3) is 0.500. The van der Waals surface area contributed by atoms with Crippen LogP contribution in [0.2, 0.25) is 0 Å². The van der Waals surface area contributed by atoms with Gasteiger partial charge in [0.05, 0.1) is 0 Å². The lowest BCUT2D eigenvalue weighted by Crippen LogP contribution is -2.32. The Morgan fingerprint density at radius 2 is 1.64 bits per heavy atom. The maximum atomic E-state index is 6.47. The molecule has 114 valence electrons. The van der Waals surface area contributed by atoms with Crippen LogP contribution >= 0.6 is 0 Å². The third kappa shape index (κ3) is 2.05. The van der Waals surface area contributed by atoms with Crippen molar-refractivity contribution in [3.8, 4) is 11.4 Å². The summed E-state index contributed by atoms with van der Waals surface area (Å²) >= 11 is 0. The van der Waals surface area contributed by atoms with Crippen molar-refractivity contribution >= 4 is 0 Å². The van der Waals surface area contributed by atoms with Gasteiger partial charge >= 0.3 is 0 Å². The molecule has 0 bridgehead atoms. The number of aromatic nitrogens is 3. The highest BCUT2D eigenvalue weighted by molar-refractivity contribution is 5.54. The molecule has 1 aliphatic heterocycles. The molecule has 0 N–H and O–H groups in total. The van der Waals surface area contributed by atoms with Gasteiger partial charge in [0.25, 0.3) is 0 Å². The predicted octanol–water partition coefficient (Wildman–Crippen LogP) is 3.96. The Balaban J connectivity index is 1.82. The van der Waals surface area contributed by atoms with E-state index in [1.165, 1.54) is 19.3 Å². The van der Waals surface area contributed by atoms with Crippen LogP contribution in [0.4, 0.5) is 0 Å². The van der Waals surface area contributed by atoms with Crippen LogP contribution in [0.25, 0.3) is 11.4 Å². The summed E-state index contributed by atoms with van der Waals surface area (Å²) in [5.74, 6) is 0.684. The predicted molar refractivity (Wildman–Crippen MR) is 84.1 cm³/mol. The van der Waals surface area contributed by atoms with Crippen LogP contribution in [-0.2, 0) is 15.9 Å². The van der Waals surface area contributed by atoms with E-state index in [0.29, 0.717) is 5.82 Å². The summed E-state index contributed by atoms with van der Waals surface area (Å²) in [6.45, 7) is 4.19. The summed E-state index contributed by atoms with van der Waals surface area (Å²) in [7, 11) is 0. The molecule has 0 saturated heterocycles. The zero-order chi connectivity index (χ0) is 15.2. The van der Waals surface area contributed by atoms with Crippen molar-refractivity contribution in [3.05, 3.63) is 41.7 Å². The maximum Gasteiger partial charge on any atom is 0.182 e. The second-order valence-electron chi connectivity index (χ2n) is 6.87. The smallest absolute Gasteiger partial charge is 0.182 e. The van der Waals surface area contributed by atoms with E-state index in [2.05, 4.69) is 24.0 Å². The van der Waals surface area contributed by atoms with E-state index in [1.807, 2.05) is 30.3 Å². The molecule has 4 rings (SSSR count). The highest BCUT2D eigenvalue weighted by atomic mass is 16.5. The molecule has 2 heterocycles. The van der Waals surface area contributed by atoms with Crippen molar-refractivity contribution < 1.29 is 4.74 Å². The first-order chi connectivity index (χ1) is 10.6. The lowest BCUT2D eigenvalue weighted by Gasteiger charge is -2.34. The Hall–Kier alpha value is -1.81. The highest BCUT2D eigenvalue weighted by Gasteiger charge is 2.52. The van der Waals surface area contributed by atoms with Crippen molar-refractivity contribution in [2.75, 3.05) is 0 Å². The Labute approximate surface area is 131 Å². The number of nitrogens with zero attached hydrogens (tertiary/aromatic N) is 3. The minimum absolute atomic E-state index is 0.258. The van der Waals surface area contributed by atoms with Gasteiger partial charge in [-0.15, -0.1) is 10.2 Å². The zero-order valence-corrected chi connectivity index (χ0v) is 13.2. The summed E-state index contributed by atoms with van der Waals surface area (Å²) in [5.41, 5.74) is 2.27. The number of hydrogen-bond acceptors (Lipinski definition) is 4. The van der Waals surface area contributed by atoms with Gasteiger partial charge in [-0.1, -0.05) is 49.6 Å². The molecule has 2 aliphatic rings. The van der Waals surface area contributed by atoms with Crippen LogP contribution in [0.15, 0.2) is 30.3 Å². The van der Waals surface area contributed by atoms with E-state index in [0.717, 1.165) is 29.8 Å². The van der Waals surface area contributed by atoms with Crippen LogP contribution in [0.5, 0.6) is 0 Å². The second kappa shape index (κ2) is 4.85. The van der Waals surface area contributed by atoms with Gasteiger partial charge in [-0.25, -0.2) is 4.98 Å². The van der Waals surface area contributed by atoms with Crippen molar-refractivity contribution in [1.82, 2.24) is 15.2 Å². The van der Waals surface area contributed by atoms with Gasteiger partial charge in [0.15, 0.2) is 5.82 Å². The largest absolute Gasteiger partial charge is 0.356 e. The molecule has 1 aliphatic carbocycles. The summed E-state index contributed by atoms with van der Waals surface area (Å²) in [5, 5.41) is 8.97. The molecule has 1 spiro atoms. The van der Waals surface area contributed by atoms with Crippen LogP contribution in [0.3, 0.4) is 0 Å². The van der Waals surface area contributed by atoms with E-state index < -0.39 is 5.60 Å². The molecule has 0 atom stereocenters. The molecule has 0 radical (unpaired) electrons. The summed E-state index contributed by atoms with van der Waals surface area (Å²) in [6.07, 6.45) is 5.73. The fourth-order valence-electron chi connectivity index (χ4n) is 3.81. The Morgan fingerprint density at radius 1 is 0.909 bits per heavy atom. The van der Waals surface area contributed by atoms with Gasteiger partial charge in [-0.2, -0.15) is 0 Å². The molecule has 4 heteroatoms. The van der Waals surface area contributed by atoms with Gasteiger partial charge in [0.2, 0.25) is 0 Å². The maximum absolute atomic E-state index is 6.47. The lowest BCUT2D eigenvalue weighted by atomic mass is 9.82. The summed E-state index contributed by atoms with van der Waals surface area (Å²) < 4.78 is 6.47. The summed E-state index contributed by atoms with van der Waals surface area (Å²) in [4.78, 5) is 4.83. The monoisotopic (exact) mass is 295 g/mol. The van der Waals surface area contributed by atoms with Crippen molar-refractivity contribution in [2.45, 2.75) is 57.2 Å². The lowest BCUT2D eigenvalue weighted by molar-refractivity contribution is -0.144. The molecule has 1 saturated carbocycles. The quantitative estimate of drug-likeness (QED) is 0.799. The third-order valence-corrected chi connectivity index (χ3v) is 4.83. The van der Waals surface area contributed by atoms with Gasteiger partial charge in [0.1, 0.15) is 22.6 Å². The Morgan fingerprint density at radius 3 is 2.36 bits per heavy atom. The normalized spacial score (nSPS) is 21.7. The standard InChI is InChI=1S/C18H21N3O/c1-17(2)14-15(18(22-17)11-7-4-8-12-18)20-21-16(19-14)13-9-5-3-6-10-13/h3,5-6,9-10H,4,7-8,11-12H2,1-2H3. The molecule has 4 nitrogen and oxygen atoms in total. The molecular formula is C18H21N3O. The van der Waals surface area contributed by atoms with Crippen LogP contribution in [0, 0.1) is 0 Å².